The predicted octanol–water partition coefficient (Wildman–Crippen LogP) is 5.05. The Morgan fingerprint density at radius 3 is 2.77 bits per heavy atom. The molecule has 5 nitrogen and oxygen atoms in total. The number of allylic oxidation sites excluding steroid dienone is 1. The third-order valence-electron chi connectivity index (χ3n) is 5.60. The van der Waals surface area contributed by atoms with E-state index in [1.54, 1.807) is 12.3 Å². The molecule has 0 bridgehead atoms. The van der Waals surface area contributed by atoms with Crippen molar-refractivity contribution in [3.05, 3.63) is 93.5 Å². The predicted molar refractivity (Wildman–Crippen MR) is 119 cm³/mol. The molecule has 0 saturated heterocycles. The summed E-state index contributed by atoms with van der Waals surface area (Å²) < 4.78 is 12.0. The number of ether oxygens (including phenoxy) is 2. The van der Waals surface area contributed by atoms with Gasteiger partial charge >= 0.3 is 0 Å². The lowest BCUT2D eigenvalue weighted by Gasteiger charge is -2.30. The minimum Gasteiger partial charge on any atom is -0.477 e. The molecule has 0 radical (unpaired) electrons. The van der Waals surface area contributed by atoms with E-state index in [0.717, 1.165) is 41.4 Å². The van der Waals surface area contributed by atoms with Crippen LogP contribution >= 0.6 is 11.6 Å². The molecule has 6 heteroatoms. The van der Waals surface area contributed by atoms with Crippen molar-refractivity contribution in [2.24, 2.45) is 0 Å². The molecule has 3 heterocycles. The standard InChI is InChI=1S/C25H21ClN2O3/c1-16-24-18(14-28(15-30-24)11-9-17-5-7-19(26)8-6-17)12-21-23(29)22(31-25(16)21)13-20-4-2-3-10-27-20/h2-8,10,12-13H,9,11,14-15H2,1H3/b22-13-. The molecule has 31 heavy (non-hydrogen) atoms. The first kappa shape index (κ1) is 19.8. The number of carbonyl (C=O) groups excluding carboxylic acids is 1. The molecule has 0 fully saturated rings. The zero-order chi connectivity index (χ0) is 21.4. The average Bonchev–Trinajstić information content (AvgIpc) is 3.10. The first-order valence-corrected chi connectivity index (χ1v) is 10.6. The number of benzene rings is 2. The number of nitrogens with zero attached hydrogens (tertiary/aromatic N) is 2. The van der Waals surface area contributed by atoms with Crippen LogP contribution in [-0.4, -0.2) is 28.9 Å². The maximum atomic E-state index is 13.0. The van der Waals surface area contributed by atoms with E-state index in [2.05, 4.69) is 9.88 Å². The fourth-order valence-electron chi connectivity index (χ4n) is 3.97. The van der Waals surface area contributed by atoms with Gasteiger partial charge in [0.05, 0.1) is 11.3 Å². The van der Waals surface area contributed by atoms with Gasteiger partial charge in [-0.15, -0.1) is 0 Å². The summed E-state index contributed by atoms with van der Waals surface area (Å²) in [5, 5.41) is 0.742. The molecule has 1 aromatic heterocycles. The number of Topliss-reactive ketones (excluding diaryl/α,β-unsaturated/α-hetero) is 1. The second-order valence-corrected chi connectivity index (χ2v) is 8.20. The lowest BCUT2D eigenvalue weighted by atomic mass is 10.00. The second kappa shape index (κ2) is 8.17. The van der Waals surface area contributed by atoms with Crippen molar-refractivity contribution in [3.63, 3.8) is 0 Å². The SMILES string of the molecule is Cc1c2c(cc3c1O/C(=C\c1ccccn1)C3=O)CN(CCc1ccc(Cl)cc1)CO2. The molecule has 0 aliphatic carbocycles. The third-order valence-corrected chi connectivity index (χ3v) is 5.85. The Hall–Kier alpha value is -3.15. The highest BCUT2D eigenvalue weighted by atomic mass is 35.5. The van der Waals surface area contributed by atoms with Crippen molar-refractivity contribution in [3.8, 4) is 11.5 Å². The highest BCUT2D eigenvalue weighted by molar-refractivity contribution is 6.30. The van der Waals surface area contributed by atoms with E-state index in [-0.39, 0.29) is 5.78 Å². The van der Waals surface area contributed by atoms with Crippen molar-refractivity contribution in [2.45, 2.75) is 19.9 Å². The average molecular weight is 433 g/mol. The van der Waals surface area contributed by atoms with Gasteiger partial charge in [-0.25, -0.2) is 0 Å². The van der Waals surface area contributed by atoms with Gasteiger partial charge in [0.15, 0.2) is 5.76 Å². The summed E-state index contributed by atoms with van der Waals surface area (Å²) >= 11 is 5.97. The third kappa shape index (κ3) is 3.94. The molecule has 2 aliphatic rings. The Morgan fingerprint density at radius 2 is 2.00 bits per heavy atom. The molecule has 0 N–H and O–H groups in total. The van der Waals surface area contributed by atoms with E-state index < -0.39 is 0 Å². The summed E-state index contributed by atoms with van der Waals surface area (Å²) in [5.74, 6) is 1.57. The molecular formula is C25H21ClN2O3. The monoisotopic (exact) mass is 432 g/mol. The van der Waals surface area contributed by atoms with Gasteiger partial charge in [-0.3, -0.25) is 14.7 Å². The van der Waals surface area contributed by atoms with Crippen molar-refractivity contribution < 1.29 is 14.3 Å². The lowest BCUT2D eigenvalue weighted by Crippen LogP contribution is -2.34. The van der Waals surface area contributed by atoms with E-state index in [9.17, 15) is 4.79 Å². The Labute approximate surface area is 185 Å². The van der Waals surface area contributed by atoms with Gasteiger partial charge < -0.3 is 9.47 Å². The first-order chi connectivity index (χ1) is 15.1. The van der Waals surface area contributed by atoms with Crippen LogP contribution in [0.3, 0.4) is 0 Å². The van der Waals surface area contributed by atoms with Crippen molar-refractivity contribution in [2.75, 3.05) is 13.3 Å². The fourth-order valence-corrected chi connectivity index (χ4v) is 4.10. The number of ketones is 1. The molecule has 156 valence electrons. The highest BCUT2D eigenvalue weighted by Crippen LogP contribution is 2.43. The smallest absolute Gasteiger partial charge is 0.232 e. The van der Waals surface area contributed by atoms with Crippen LogP contribution in [0.2, 0.25) is 5.02 Å². The first-order valence-electron chi connectivity index (χ1n) is 10.2. The Balaban J connectivity index is 1.35. The van der Waals surface area contributed by atoms with Crippen LogP contribution in [0.4, 0.5) is 0 Å². The minimum atomic E-state index is -0.121. The van der Waals surface area contributed by atoms with Crippen LogP contribution in [0.15, 0.2) is 60.5 Å². The molecule has 2 aliphatic heterocycles. The van der Waals surface area contributed by atoms with Gasteiger partial charge in [0.2, 0.25) is 5.78 Å². The zero-order valence-corrected chi connectivity index (χ0v) is 17.9. The topological polar surface area (TPSA) is 51.7 Å². The summed E-state index contributed by atoms with van der Waals surface area (Å²) in [6.45, 7) is 4.03. The highest BCUT2D eigenvalue weighted by Gasteiger charge is 2.33. The second-order valence-electron chi connectivity index (χ2n) is 7.76. The summed E-state index contributed by atoms with van der Waals surface area (Å²) in [6, 6.07) is 15.4. The Kier molecular flexibility index (Phi) is 5.22. The van der Waals surface area contributed by atoms with Gasteiger partial charge in [0.1, 0.15) is 18.2 Å². The van der Waals surface area contributed by atoms with Gasteiger partial charge in [-0.1, -0.05) is 29.8 Å². The van der Waals surface area contributed by atoms with Crippen LogP contribution in [-0.2, 0) is 13.0 Å². The number of halogens is 1. The molecule has 0 spiro atoms. The van der Waals surface area contributed by atoms with Crippen LogP contribution in [0.25, 0.3) is 6.08 Å². The maximum Gasteiger partial charge on any atom is 0.232 e. The van der Waals surface area contributed by atoms with Crippen molar-refractivity contribution in [1.29, 1.82) is 0 Å². The van der Waals surface area contributed by atoms with E-state index in [1.807, 2.05) is 55.5 Å². The molecular weight excluding hydrogens is 412 g/mol. The number of carbonyl (C=O) groups is 1. The zero-order valence-electron chi connectivity index (χ0n) is 17.1. The van der Waals surface area contributed by atoms with Gasteiger partial charge in [0.25, 0.3) is 0 Å². The summed E-state index contributed by atoms with van der Waals surface area (Å²) in [5.41, 5.74) is 4.37. The molecule has 0 unspecified atom stereocenters. The molecule has 2 aromatic carbocycles. The summed E-state index contributed by atoms with van der Waals surface area (Å²) in [6.07, 6.45) is 4.27. The van der Waals surface area contributed by atoms with Crippen LogP contribution in [0.5, 0.6) is 11.5 Å². The molecule has 0 atom stereocenters. The van der Waals surface area contributed by atoms with E-state index in [4.69, 9.17) is 21.1 Å². The fraction of sp³-hybridized carbons (Fsp3) is 0.200. The van der Waals surface area contributed by atoms with E-state index in [0.29, 0.717) is 29.5 Å². The van der Waals surface area contributed by atoms with E-state index >= 15 is 0 Å². The van der Waals surface area contributed by atoms with Crippen molar-refractivity contribution in [1.82, 2.24) is 9.88 Å². The normalized spacial score (nSPS) is 16.6. The van der Waals surface area contributed by atoms with Gasteiger partial charge in [0, 0.05) is 41.5 Å². The lowest BCUT2D eigenvalue weighted by molar-refractivity contribution is 0.0954. The largest absolute Gasteiger partial charge is 0.477 e. The number of hydrogen-bond acceptors (Lipinski definition) is 5. The van der Waals surface area contributed by atoms with E-state index in [1.165, 1.54) is 5.56 Å². The number of hydrogen-bond donors (Lipinski definition) is 0. The number of rotatable bonds is 4. The Morgan fingerprint density at radius 1 is 1.16 bits per heavy atom. The van der Waals surface area contributed by atoms with Gasteiger partial charge in [-0.05, 0) is 49.2 Å². The summed E-state index contributed by atoms with van der Waals surface area (Å²) in [4.78, 5) is 19.5. The van der Waals surface area contributed by atoms with Crippen molar-refractivity contribution >= 4 is 23.5 Å². The Bertz CT molecular complexity index is 1170. The van der Waals surface area contributed by atoms with Crippen LogP contribution < -0.4 is 9.47 Å². The quantitative estimate of drug-likeness (QED) is 0.540. The number of pyridine rings is 1. The molecule has 5 rings (SSSR count). The minimum absolute atomic E-state index is 0.121. The number of fused-ring (bicyclic) bond motifs is 2. The van der Waals surface area contributed by atoms with Crippen LogP contribution in [0, 0.1) is 6.92 Å². The molecule has 3 aromatic rings. The van der Waals surface area contributed by atoms with Crippen LogP contribution in [0.1, 0.15) is 32.7 Å². The number of aromatic nitrogens is 1. The molecule has 0 amide bonds. The van der Waals surface area contributed by atoms with Gasteiger partial charge in [-0.2, -0.15) is 0 Å². The summed E-state index contributed by atoms with van der Waals surface area (Å²) in [7, 11) is 0. The molecule has 0 saturated carbocycles. The maximum absolute atomic E-state index is 13.0.